The van der Waals surface area contributed by atoms with Gasteiger partial charge in [0.25, 0.3) is 0 Å². The maximum atomic E-state index is 12.6. The summed E-state index contributed by atoms with van der Waals surface area (Å²) in [6, 6.07) is 9.41. The van der Waals surface area contributed by atoms with Gasteiger partial charge in [-0.15, -0.1) is 11.8 Å². The van der Waals surface area contributed by atoms with E-state index in [0.717, 1.165) is 29.0 Å². The summed E-state index contributed by atoms with van der Waals surface area (Å²) in [7, 11) is 0. The van der Waals surface area contributed by atoms with E-state index in [1.807, 2.05) is 13.8 Å². The van der Waals surface area contributed by atoms with Gasteiger partial charge in [0.1, 0.15) is 17.6 Å². The number of carbonyl (C=O) groups excluding carboxylic acids is 1. The second kappa shape index (κ2) is 8.53. The van der Waals surface area contributed by atoms with Gasteiger partial charge in [0.05, 0.1) is 11.3 Å². The Kier molecular flexibility index (Phi) is 6.12. The minimum Gasteiger partial charge on any atom is -0.508 e. The van der Waals surface area contributed by atoms with Crippen molar-refractivity contribution in [1.82, 2.24) is 4.57 Å². The number of rotatable bonds is 5. The van der Waals surface area contributed by atoms with Crippen molar-refractivity contribution in [3.8, 4) is 11.8 Å². The number of amides is 1. The Morgan fingerprint density at radius 2 is 1.93 bits per heavy atom. The van der Waals surface area contributed by atoms with E-state index in [9.17, 15) is 15.2 Å². The van der Waals surface area contributed by atoms with E-state index in [1.54, 1.807) is 24.3 Å². The summed E-state index contributed by atoms with van der Waals surface area (Å²) in [5.41, 5.74) is 2.59. The summed E-state index contributed by atoms with van der Waals surface area (Å²) in [5.74, 6) is 0.984. The third kappa shape index (κ3) is 4.30. The normalized spacial score (nSPS) is 14.7. The molecular formula is C21H25N3O2S. The lowest BCUT2D eigenvalue weighted by atomic mass is 9.95. The molecule has 1 aliphatic rings. The Labute approximate surface area is 164 Å². The summed E-state index contributed by atoms with van der Waals surface area (Å²) in [4.78, 5) is 13.5. The Bertz CT molecular complexity index is 859. The molecule has 0 bridgehead atoms. The molecule has 1 aliphatic carbocycles. The van der Waals surface area contributed by atoms with Crippen molar-refractivity contribution < 1.29 is 9.90 Å². The van der Waals surface area contributed by atoms with E-state index in [0.29, 0.717) is 17.4 Å². The number of thioether (sulfide) groups is 1. The number of phenols is 1. The maximum Gasteiger partial charge on any atom is 0.235 e. The minimum absolute atomic E-state index is 0.126. The zero-order valence-electron chi connectivity index (χ0n) is 15.8. The smallest absolute Gasteiger partial charge is 0.235 e. The third-order valence-electron chi connectivity index (χ3n) is 5.27. The highest BCUT2D eigenvalue weighted by molar-refractivity contribution is 8.00. The highest BCUT2D eigenvalue weighted by Gasteiger charge is 2.25. The zero-order valence-corrected chi connectivity index (χ0v) is 16.6. The Morgan fingerprint density at radius 1 is 1.26 bits per heavy atom. The number of phenolic OH excluding ortho intramolecular Hbond substituents is 1. The fourth-order valence-corrected chi connectivity index (χ4v) is 4.44. The molecule has 0 aliphatic heterocycles. The average molecular weight is 384 g/mol. The second-order valence-electron chi connectivity index (χ2n) is 7.04. The molecule has 1 aromatic carbocycles. The van der Waals surface area contributed by atoms with Gasteiger partial charge in [-0.3, -0.25) is 4.79 Å². The number of aromatic nitrogens is 1. The lowest BCUT2D eigenvalue weighted by Gasteiger charge is -2.27. The molecule has 2 aromatic rings. The monoisotopic (exact) mass is 383 g/mol. The molecule has 1 fully saturated rings. The van der Waals surface area contributed by atoms with Gasteiger partial charge in [0, 0.05) is 16.6 Å². The second-order valence-corrected chi connectivity index (χ2v) is 8.09. The standard InChI is InChI=1S/C21H25N3O2S/c1-14-15(2)24(16-6-4-3-5-7-16)21(19(14)12-22)23-20(26)13-27-18-10-8-17(25)9-11-18/h8-11,16,25H,3-7,13H2,1-2H3,(H,23,26). The lowest BCUT2D eigenvalue weighted by molar-refractivity contribution is -0.113. The number of aromatic hydroxyl groups is 1. The fourth-order valence-electron chi connectivity index (χ4n) is 3.74. The van der Waals surface area contributed by atoms with Crippen molar-refractivity contribution in [3.63, 3.8) is 0 Å². The van der Waals surface area contributed by atoms with Crippen LogP contribution in [0.3, 0.4) is 0 Å². The molecule has 1 amide bonds. The number of benzene rings is 1. The number of carbonyl (C=O) groups is 1. The van der Waals surface area contributed by atoms with Crippen LogP contribution in [0.2, 0.25) is 0 Å². The van der Waals surface area contributed by atoms with Crippen molar-refractivity contribution in [2.24, 2.45) is 0 Å². The van der Waals surface area contributed by atoms with Crippen molar-refractivity contribution >= 4 is 23.5 Å². The summed E-state index contributed by atoms with van der Waals surface area (Å²) in [6.07, 6.45) is 5.81. The quantitative estimate of drug-likeness (QED) is 0.719. The summed E-state index contributed by atoms with van der Waals surface area (Å²) in [5, 5.41) is 22.0. The highest BCUT2D eigenvalue weighted by atomic mass is 32.2. The van der Waals surface area contributed by atoms with E-state index >= 15 is 0 Å². The molecule has 6 heteroatoms. The zero-order chi connectivity index (χ0) is 19.4. The van der Waals surface area contributed by atoms with Crippen LogP contribution in [0.4, 0.5) is 5.82 Å². The molecule has 0 saturated heterocycles. The fraction of sp³-hybridized carbons (Fsp3) is 0.429. The molecule has 3 rings (SSSR count). The summed E-state index contributed by atoms with van der Waals surface area (Å²) in [6.45, 7) is 3.99. The van der Waals surface area contributed by atoms with Crippen LogP contribution in [0.25, 0.3) is 0 Å². The summed E-state index contributed by atoms with van der Waals surface area (Å²) < 4.78 is 2.18. The Hall–Kier alpha value is -2.39. The van der Waals surface area contributed by atoms with Crippen LogP contribution < -0.4 is 5.32 Å². The molecule has 0 spiro atoms. The molecule has 27 heavy (non-hydrogen) atoms. The molecule has 2 N–H and O–H groups in total. The predicted molar refractivity (Wildman–Crippen MR) is 108 cm³/mol. The van der Waals surface area contributed by atoms with Crippen LogP contribution in [-0.4, -0.2) is 21.3 Å². The molecule has 1 saturated carbocycles. The molecule has 142 valence electrons. The number of nitrogens with zero attached hydrogens (tertiary/aromatic N) is 2. The minimum atomic E-state index is -0.126. The molecule has 5 nitrogen and oxygen atoms in total. The van der Waals surface area contributed by atoms with Crippen molar-refractivity contribution in [2.45, 2.75) is 56.9 Å². The van der Waals surface area contributed by atoms with Crippen molar-refractivity contribution in [3.05, 3.63) is 41.1 Å². The van der Waals surface area contributed by atoms with Gasteiger partial charge in [-0.25, -0.2) is 0 Å². The van der Waals surface area contributed by atoms with Crippen LogP contribution in [0.1, 0.15) is 55.0 Å². The molecule has 0 unspecified atom stereocenters. The Morgan fingerprint density at radius 3 is 2.56 bits per heavy atom. The van der Waals surface area contributed by atoms with Gasteiger partial charge in [0.15, 0.2) is 0 Å². The van der Waals surface area contributed by atoms with Gasteiger partial charge >= 0.3 is 0 Å². The molecular weight excluding hydrogens is 358 g/mol. The Balaban J connectivity index is 1.78. The van der Waals surface area contributed by atoms with Crippen molar-refractivity contribution in [2.75, 3.05) is 11.1 Å². The van der Waals surface area contributed by atoms with Crippen molar-refractivity contribution in [1.29, 1.82) is 5.26 Å². The number of nitriles is 1. The SMILES string of the molecule is Cc1c(C#N)c(NC(=O)CSc2ccc(O)cc2)n(C2CCCCC2)c1C. The van der Waals surface area contributed by atoms with Crippen LogP contribution in [0.15, 0.2) is 29.2 Å². The van der Waals surface area contributed by atoms with E-state index in [-0.39, 0.29) is 17.4 Å². The van der Waals surface area contributed by atoms with E-state index in [2.05, 4.69) is 16.0 Å². The van der Waals surface area contributed by atoms with Crippen LogP contribution >= 0.6 is 11.8 Å². The van der Waals surface area contributed by atoms with Gasteiger partial charge in [-0.05, 0) is 56.5 Å². The lowest BCUT2D eigenvalue weighted by Crippen LogP contribution is -2.21. The van der Waals surface area contributed by atoms with Crippen LogP contribution in [0.5, 0.6) is 5.75 Å². The molecule has 1 aromatic heterocycles. The van der Waals surface area contributed by atoms with Crippen LogP contribution in [0, 0.1) is 25.2 Å². The molecule has 1 heterocycles. The number of hydrogen-bond acceptors (Lipinski definition) is 4. The highest BCUT2D eigenvalue weighted by Crippen LogP contribution is 2.36. The topological polar surface area (TPSA) is 78.1 Å². The first-order chi connectivity index (χ1) is 13.0. The first-order valence-corrected chi connectivity index (χ1v) is 10.3. The van der Waals surface area contributed by atoms with Crippen LogP contribution in [-0.2, 0) is 4.79 Å². The average Bonchev–Trinajstić information content (AvgIpc) is 2.91. The maximum absolute atomic E-state index is 12.6. The number of anilines is 1. The number of hydrogen-bond donors (Lipinski definition) is 2. The number of nitrogens with one attached hydrogen (secondary N) is 1. The van der Waals surface area contributed by atoms with Gasteiger partial charge in [-0.1, -0.05) is 19.3 Å². The molecule has 0 atom stereocenters. The van der Waals surface area contributed by atoms with E-state index in [1.165, 1.54) is 31.0 Å². The third-order valence-corrected chi connectivity index (χ3v) is 6.28. The first kappa shape index (κ1) is 19.4. The van der Waals surface area contributed by atoms with E-state index in [4.69, 9.17) is 0 Å². The van der Waals surface area contributed by atoms with Gasteiger partial charge in [-0.2, -0.15) is 5.26 Å². The predicted octanol–water partition coefficient (Wildman–Crippen LogP) is 4.92. The molecule has 0 radical (unpaired) electrons. The van der Waals surface area contributed by atoms with E-state index < -0.39 is 0 Å². The summed E-state index contributed by atoms with van der Waals surface area (Å²) >= 11 is 1.41. The largest absolute Gasteiger partial charge is 0.508 e. The first-order valence-electron chi connectivity index (χ1n) is 9.34. The van der Waals surface area contributed by atoms with Gasteiger partial charge < -0.3 is 15.0 Å². The van der Waals surface area contributed by atoms with Gasteiger partial charge in [0.2, 0.25) is 5.91 Å².